The molecule has 182 valence electrons. The van der Waals surface area contributed by atoms with Crippen LogP contribution in [0.1, 0.15) is 22.8 Å². The van der Waals surface area contributed by atoms with Crippen molar-refractivity contribution in [1.29, 1.82) is 0 Å². The molecule has 0 radical (unpaired) electrons. The summed E-state index contributed by atoms with van der Waals surface area (Å²) in [5, 5.41) is 10.8. The van der Waals surface area contributed by atoms with Crippen LogP contribution in [0.25, 0.3) is 6.08 Å². The number of rotatable bonds is 8. The van der Waals surface area contributed by atoms with Crippen LogP contribution >= 0.6 is 11.8 Å². The van der Waals surface area contributed by atoms with Crippen molar-refractivity contribution in [2.24, 2.45) is 4.99 Å². The maximum atomic E-state index is 12.6. The van der Waals surface area contributed by atoms with Crippen LogP contribution in [-0.4, -0.2) is 55.4 Å². The lowest BCUT2D eigenvalue weighted by Crippen LogP contribution is -2.14. The van der Waals surface area contributed by atoms with Gasteiger partial charge in [0, 0.05) is 5.56 Å². The molecule has 35 heavy (non-hydrogen) atoms. The van der Waals surface area contributed by atoms with Crippen LogP contribution < -0.4 is 9.47 Å². The molecule has 1 aliphatic rings. The van der Waals surface area contributed by atoms with Gasteiger partial charge in [0.05, 0.1) is 25.7 Å². The largest absolute Gasteiger partial charge is 0.506 e. The van der Waals surface area contributed by atoms with E-state index in [2.05, 4.69) is 9.73 Å². The number of aliphatic hydroxyl groups is 1. The molecule has 1 amide bonds. The molecule has 0 bridgehead atoms. The molecule has 3 rings (SSSR count). The molecule has 1 N–H and O–H groups in total. The highest BCUT2D eigenvalue weighted by Crippen LogP contribution is 2.40. The summed E-state index contributed by atoms with van der Waals surface area (Å²) < 4.78 is 20.3. The van der Waals surface area contributed by atoms with Crippen molar-refractivity contribution in [3.05, 3.63) is 75.9 Å². The van der Waals surface area contributed by atoms with Crippen LogP contribution in [0.2, 0.25) is 0 Å². The Bertz CT molecular complexity index is 1220. The van der Waals surface area contributed by atoms with Crippen molar-refractivity contribution in [3.8, 4) is 11.5 Å². The zero-order valence-corrected chi connectivity index (χ0v) is 20.1. The third kappa shape index (κ3) is 6.30. The molecule has 0 aliphatic carbocycles. The lowest BCUT2D eigenvalue weighted by Gasteiger charge is -2.10. The zero-order chi connectivity index (χ0) is 25.4. The first-order chi connectivity index (χ1) is 16.9. The highest BCUT2D eigenvalue weighted by molar-refractivity contribution is 8.18. The monoisotopic (exact) mass is 497 g/mol. The van der Waals surface area contributed by atoms with Gasteiger partial charge in [0.2, 0.25) is 0 Å². The fraction of sp³-hybridized carbons (Fsp3) is 0.200. The van der Waals surface area contributed by atoms with Gasteiger partial charge < -0.3 is 24.1 Å². The summed E-state index contributed by atoms with van der Waals surface area (Å²) in [4.78, 5) is 40.8. The number of carbonyl (C=O) groups excluding carboxylic acids is 3. The SMILES string of the molecule is CCOC(=O)C1=C(O)/C(=C/c2ccc(OCC(=O)OC)c(OC)c2)SC1=NC(=O)c1ccccc1. The quantitative estimate of drug-likeness (QED) is 0.540. The van der Waals surface area contributed by atoms with Crippen molar-refractivity contribution in [2.45, 2.75) is 6.92 Å². The van der Waals surface area contributed by atoms with Crippen LogP contribution in [0.4, 0.5) is 0 Å². The third-order valence-electron chi connectivity index (χ3n) is 4.65. The first kappa shape index (κ1) is 25.6. The molecule has 0 unspecified atom stereocenters. The summed E-state index contributed by atoms with van der Waals surface area (Å²) in [7, 11) is 2.70. The molecule has 1 heterocycles. The van der Waals surface area contributed by atoms with Crippen LogP contribution in [0.15, 0.2) is 69.8 Å². The molecule has 0 fully saturated rings. The van der Waals surface area contributed by atoms with E-state index in [0.29, 0.717) is 22.6 Å². The number of hydrogen-bond acceptors (Lipinski definition) is 9. The first-order valence-corrected chi connectivity index (χ1v) is 11.3. The summed E-state index contributed by atoms with van der Waals surface area (Å²) in [6.45, 7) is 1.44. The molecule has 2 aromatic carbocycles. The number of amides is 1. The Hall–Kier alpha value is -4.05. The fourth-order valence-corrected chi connectivity index (χ4v) is 3.98. The normalized spacial score (nSPS) is 15.3. The predicted octanol–water partition coefficient (Wildman–Crippen LogP) is 3.95. The van der Waals surface area contributed by atoms with E-state index in [-0.39, 0.29) is 34.5 Å². The molecule has 0 aromatic heterocycles. The van der Waals surface area contributed by atoms with Crippen molar-refractivity contribution in [3.63, 3.8) is 0 Å². The van der Waals surface area contributed by atoms with E-state index in [0.717, 1.165) is 11.8 Å². The molecule has 2 aromatic rings. The number of nitrogens with zero attached hydrogens (tertiary/aromatic N) is 1. The Kier molecular flexibility index (Phi) is 8.69. The Balaban J connectivity index is 1.94. The first-order valence-electron chi connectivity index (χ1n) is 10.4. The molecule has 9 nitrogen and oxygen atoms in total. The van der Waals surface area contributed by atoms with Crippen molar-refractivity contribution < 1.29 is 38.4 Å². The fourth-order valence-electron chi connectivity index (χ4n) is 2.97. The van der Waals surface area contributed by atoms with Crippen LogP contribution in [0.5, 0.6) is 11.5 Å². The number of methoxy groups -OCH3 is 2. The van der Waals surface area contributed by atoms with Crippen molar-refractivity contribution >= 4 is 40.7 Å². The van der Waals surface area contributed by atoms with Crippen molar-refractivity contribution in [2.75, 3.05) is 27.4 Å². The smallest absolute Gasteiger partial charge is 0.344 e. The second-order valence-electron chi connectivity index (χ2n) is 6.92. The van der Waals surface area contributed by atoms with Crippen molar-refractivity contribution in [1.82, 2.24) is 0 Å². The van der Waals surface area contributed by atoms with Gasteiger partial charge in [0.25, 0.3) is 5.91 Å². The number of esters is 2. The number of benzene rings is 2. The Labute approximate surface area is 206 Å². The molecule has 0 saturated heterocycles. The lowest BCUT2D eigenvalue weighted by molar-refractivity contribution is -0.143. The van der Waals surface area contributed by atoms with Gasteiger partial charge in [-0.25, -0.2) is 14.6 Å². The second-order valence-corrected chi connectivity index (χ2v) is 7.95. The van der Waals surface area contributed by atoms with E-state index in [1.165, 1.54) is 14.2 Å². The number of carbonyl (C=O) groups is 3. The minimum Gasteiger partial charge on any atom is -0.506 e. The zero-order valence-electron chi connectivity index (χ0n) is 19.3. The average Bonchev–Trinajstić information content (AvgIpc) is 3.17. The molecular formula is C25H23NO8S. The molecule has 0 spiro atoms. The third-order valence-corrected chi connectivity index (χ3v) is 5.67. The van der Waals surface area contributed by atoms with E-state index in [4.69, 9.17) is 14.2 Å². The maximum Gasteiger partial charge on any atom is 0.344 e. The number of ether oxygens (including phenoxy) is 4. The van der Waals surface area contributed by atoms with E-state index in [9.17, 15) is 19.5 Å². The summed E-state index contributed by atoms with van der Waals surface area (Å²) in [6.07, 6.45) is 1.60. The summed E-state index contributed by atoms with van der Waals surface area (Å²) in [6, 6.07) is 13.3. The van der Waals surface area contributed by atoms with Gasteiger partial charge in [-0.1, -0.05) is 36.0 Å². The van der Waals surface area contributed by atoms with E-state index >= 15 is 0 Å². The van der Waals surface area contributed by atoms with Crippen LogP contribution in [-0.2, 0) is 19.1 Å². The second kappa shape index (κ2) is 11.9. The van der Waals surface area contributed by atoms with Gasteiger partial charge in [-0.2, -0.15) is 0 Å². The Morgan fingerprint density at radius 2 is 1.80 bits per heavy atom. The predicted molar refractivity (Wildman–Crippen MR) is 131 cm³/mol. The molecule has 0 saturated carbocycles. The summed E-state index contributed by atoms with van der Waals surface area (Å²) >= 11 is 0.966. The standard InChI is InChI=1S/C25H23NO8S/c1-4-33-25(30)21-22(28)19(35-24(21)26-23(29)16-8-6-5-7-9-16)13-15-10-11-17(18(12-15)31-2)34-14-20(27)32-3/h5-13,28H,4,14H2,1-3H3/b19-13-,26-24?. The van der Waals surface area contributed by atoms with E-state index in [1.54, 1.807) is 61.5 Å². The highest BCUT2D eigenvalue weighted by atomic mass is 32.2. The number of hydrogen-bond donors (Lipinski definition) is 1. The lowest BCUT2D eigenvalue weighted by atomic mass is 10.1. The van der Waals surface area contributed by atoms with Gasteiger partial charge >= 0.3 is 11.9 Å². The number of aliphatic imine (C=N–C) groups is 1. The topological polar surface area (TPSA) is 121 Å². The molecule has 10 heteroatoms. The van der Waals surface area contributed by atoms with Gasteiger partial charge in [-0.15, -0.1) is 0 Å². The van der Waals surface area contributed by atoms with Crippen LogP contribution in [0, 0.1) is 0 Å². The molecule has 1 aliphatic heterocycles. The minimum atomic E-state index is -0.787. The van der Waals surface area contributed by atoms with Gasteiger partial charge in [-0.05, 0) is 42.8 Å². The molecule has 0 atom stereocenters. The van der Waals surface area contributed by atoms with Gasteiger partial charge in [0.1, 0.15) is 16.4 Å². The summed E-state index contributed by atoms with van der Waals surface area (Å²) in [5.74, 6) is -1.57. The van der Waals surface area contributed by atoms with Gasteiger partial charge in [-0.3, -0.25) is 4.79 Å². The summed E-state index contributed by atoms with van der Waals surface area (Å²) in [5.41, 5.74) is 0.755. The van der Waals surface area contributed by atoms with E-state index < -0.39 is 17.8 Å². The number of aliphatic hydroxyl groups excluding tert-OH is 1. The minimum absolute atomic E-state index is 0.0334. The van der Waals surface area contributed by atoms with Gasteiger partial charge in [0.15, 0.2) is 18.1 Å². The highest BCUT2D eigenvalue weighted by Gasteiger charge is 2.34. The molecular weight excluding hydrogens is 474 g/mol. The number of thioether (sulfide) groups is 1. The Morgan fingerprint density at radius 1 is 1.06 bits per heavy atom. The van der Waals surface area contributed by atoms with E-state index in [1.807, 2.05) is 0 Å². The Morgan fingerprint density at radius 3 is 2.46 bits per heavy atom. The maximum absolute atomic E-state index is 12.6. The van der Waals surface area contributed by atoms with Crippen LogP contribution in [0.3, 0.4) is 0 Å². The average molecular weight is 498 g/mol.